The largest absolute Gasteiger partial charge is 0.486 e. The van der Waals surface area contributed by atoms with E-state index >= 15 is 0 Å². The first-order valence-corrected chi connectivity index (χ1v) is 4.73. The summed E-state index contributed by atoms with van der Waals surface area (Å²) in [5.74, 6) is 1.11. The maximum atomic E-state index is 10.5. The van der Waals surface area contributed by atoms with Crippen molar-refractivity contribution in [2.75, 3.05) is 13.2 Å². The Labute approximate surface area is 91.4 Å². The first-order valence-electron chi connectivity index (χ1n) is 4.73. The van der Waals surface area contributed by atoms with Gasteiger partial charge >= 0.3 is 0 Å². The van der Waals surface area contributed by atoms with Crippen molar-refractivity contribution in [3.05, 3.63) is 34.2 Å². The van der Waals surface area contributed by atoms with E-state index in [0.29, 0.717) is 23.7 Å². The molecule has 6 nitrogen and oxygen atoms in total. The normalized spacial score (nSPS) is 17.4. The van der Waals surface area contributed by atoms with Gasteiger partial charge in [0.15, 0.2) is 11.5 Å². The fourth-order valence-corrected chi connectivity index (χ4v) is 1.42. The van der Waals surface area contributed by atoms with Gasteiger partial charge in [0.05, 0.1) is 6.54 Å². The molecule has 0 aromatic heterocycles. The number of aldehydes is 1. The van der Waals surface area contributed by atoms with Crippen LogP contribution in [0.4, 0.5) is 0 Å². The average molecular weight is 219 g/mol. The zero-order valence-corrected chi connectivity index (χ0v) is 8.37. The molecule has 0 saturated carbocycles. The predicted octanol–water partition coefficient (Wildman–Crippen LogP) is 1.95. The third-order valence-electron chi connectivity index (χ3n) is 2.17. The Morgan fingerprint density at radius 2 is 2.44 bits per heavy atom. The second-order valence-corrected chi connectivity index (χ2v) is 3.29. The molecule has 0 radical (unpaired) electrons. The summed E-state index contributed by atoms with van der Waals surface area (Å²) < 4.78 is 10.9. The SMILES string of the molecule is [N-]=[N+]=NCC1COc2cc(C=O)ccc2O1. The van der Waals surface area contributed by atoms with E-state index in [0.717, 1.165) is 6.29 Å². The van der Waals surface area contributed by atoms with Gasteiger partial charge in [0.2, 0.25) is 0 Å². The molecule has 82 valence electrons. The summed E-state index contributed by atoms with van der Waals surface area (Å²) in [6.07, 6.45) is 0.473. The van der Waals surface area contributed by atoms with Crippen molar-refractivity contribution in [2.45, 2.75) is 6.10 Å². The number of carbonyl (C=O) groups excluding carboxylic acids is 1. The number of ether oxygens (including phenoxy) is 2. The van der Waals surface area contributed by atoms with Crippen LogP contribution >= 0.6 is 0 Å². The third-order valence-corrected chi connectivity index (χ3v) is 2.17. The van der Waals surface area contributed by atoms with Gasteiger partial charge in [-0.05, 0) is 23.7 Å². The van der Waals surface area contributed by atoms with Gasteiger partial charge in [-0.15, -0.1) is 0 Å². The molecule has 2 rings (SSSR count). The van der Waals surface area contributed by atoms with Gasteiger partial charge in [0.1, 0.15) is 19.0 Å². The molecule has 0 saturated heterocycles. The number of carbonyl (C=O) groups is 1. The van der Waals surface area contributed by atoms with Crippen molar-refractivity contribution < 1.29 is 14.3 Å². The van der Waals surface area contributed by atoms with E-state index < -0.39 is 0 Å². The van der Waals surface area contributed by atoms with Gasteiger partial charge in [-0.1, -0.05) is 5.11 Å². The topological polar surface area (TPSA) is 84.3 Å². The second kappa shape index (κ2) is 4.55. The van der Waals surface area contributed by atoms with Crippen molar-refractivity contribution in [2.24, 2.45) is 5.11 Å². The van der Waals surface area contributed by atoms with Crippen LogP contribution in [0.1, 0.15) is 10.4 Å². The number of benzene rings is 1. The number of fused-ring (bicyclic) bond motifs is 1. The fraction of sp³-hybridized carbons (Fsp3) is 0.300. The lowest BCUT2D eigenvalue weighted by atomic mass is 10.2. The van der Waals surface area contributed by atoms with Crippen LogP contribution in [0.3, 0.4) is 0 Å². The summed E-state index contributed by atoms with van der Waals surface area (Å²) in [6.45, 7) is 0.541. The Hall–Kier alpha value is -2.20. The molecule has 1 aromatic carbocycles. The highest BCUT2D eigenvalue weighted by Crippen LogP contribution is 2.32. The Bertz CT molecular complexity index is 455. The van der Waals surface area contributed by atoms with E-state index in [4.69, 9.17) is 15.0 Å². The molecule has 0 aliphatic carbocycles. The Morgan fingerprint density at radius 3 is 3.19 bits per heavy atom. The fourth-order valence-electron chi connectivity index (χ4n) is 1.42. The average Bonchev–Trinajstić information content (AvgIpc) is 2.35. The minimum Gasteiger partial charge on any atom is -0.486 e. The zero-order valence-electron chi connectivity index (χ0n) is 8.37. The summed E-state index contributed by atoms with van der Waals surface area (Å²) >= 11 is 0. The van der Waals surface area contributed by atoms with E-state index in [-0.39, 0.29) is 12.6 Å². The highest BCUT2D eigenvalue weighted by molar-refractivity contribution is 5.76. The van der Waals surface area contributed by atoms with Crippen molar-refractivity contribution in [1.82, 2.24) is 0 Å². The molecule has 1 unspecified atom stereocenters. The highest BCUT2D eigenvalue weighted by Gasteiger charge is 2.20. The smallest absolute Gasteiger partial charge is 0.162 e. The number of rotatable bonds is 3. The third kappa shape index (κ3) is 2.07. The van der Waals surface area contributed by atoms with Crippen molar-refractivity contribution >= 4 is 6.29 Å². The van der Waals surface area contributed by atoms with Gasteiger partial charge < -0.3 is 9.47 Å². The lowest BCUT2D eigenvalue weighted by Crippen LogP contribution is -2.31. The van der Waals surface area contributed by atoms with Crippen LogP contribution in [0.5, 0.6) is 11.5 Å². The van der Waals surface area contributed by atoms with Gasteiger partial charge in [-0.3, -0.25) is 4.79 Å². The standard InChI is InChI=1S/C10H9N3O3/c11-13-12-4-8-6-15-10-3-7(5-14)1-2-9(10)16-8/h1-3,5,8H,4,6H2. The zero-order chi connectivity index (χ0) is 11.4. The number of azide groups is 1. The van der Waals surface area contributed by atoms with Crippen LogP contribution in [0.2, 0.25) is 0 Å². The van der Waals surface area contributed by atoms with E-state index in [1.165, 1.54) is 0 Å². The molecule has 1 aliphatic heterocycles. The van der Waals surface area contributed by atoms with Crippen LogP contribution in [0, 0.1) is 0 Å². The van der Waals surface area contributed by atoms with Gasteiger partial charge in [-0.25, -0.2) is 0 Å². The van der Waals surface area contributed by atoms with Crippen molar-refractivity contribution in [1.29, 1.82) is 0 Å². The van der Waals surface area contributed by atoms with Crippen molar-refractivity contribution in [3.63, 3.8) is 0 Å². The molecule has 0 amide bonds. The van der Waals surface area contributed by atoms with E-state index in [1.807, 2.05) is 0 Å². The molecule has 16 heavy (non-hydrogen) atoms. The first-order chi connectivity index (χ1) is 7.83. The highest BCUT2D eigenvalue weighted by atomic mass is 16.6. The molecule has 1 heterocycles. The second-order valence-electron chi connectivity index (χ2n) is 3.29. The number of hydrogen-bond acceptors (Lipinski definition) is 4. The van der Waals surface area contributed by atoms with E-state index in [2.05, 4.69) is 10.0 Å². The van der Waals surface area contributed by atoms with Crippen LogP contribution in [-0.2, 0) is 0 Å². The maximum Gasteiger partial charge on any atom is 0.162 e. The monoisotopic (exact) mass is 219 g/mol. The van der Waals surface area contributed by atoms with Crippen LogP contribution in [0.25, 0.3) is 10.4 Å². The quantitative estimate of drug-likeness (QED) is 0.337. The Balaban J connectivity index is 2.15. The molecule has 0 N–H and O–H groups in total. The van der Waals surface area contributed by atoms with Crippen LogP contribution in [0.15, 0.2) is 23.3 Å². The molecule has 0 fully saturated rings. The summed E-state index contributed by atoms with van der Waals surface area (Å²) in [5, 5.41) is 3.42. The number of nitrogens with zero attached hydrogens (tertiary/aromatic N) is 3. The first kappa shape index (κ1) is 10.3. The van der Waals surface area contributed by atoms with Gasteiger partial charge in [-0.2, -0.15) is 0 Å². The summed E-state index contributed by atoms with van der Waals surface area (Å²) in [7, 11) is 0. The lowest BCUT2D eigenvalue weighted by molar-refractivity contribution is 0.0965. The molecule has 0 spiro atoms. The Morgan fingerprint density at radius 1 is 1.56 bits per heavy atom. The molecule has 0 bridgehead atoms. The van der Waals surface area contributed by atoms with Crippen LogP contribution < -0.4 is 9.47 Å². The lowest BCUT2D eigenvalue weighted by Gasteiger charge is -2.25. The van der Waals surface area contributed by atoms with Gasteiger partial charge in [0.25, 0.3) is 0 Å². The summed E-state index contributed by atoms with van der Waals surface area (Å²) in [6, 6.07) is 4.93. The van der Waals surface area contributed by atoms with E-state index in [9.17, 15) is 4.79 Å². The van der Waals surface area contributed by atoms with Gasteiger partial charge in [0, 0.05) is 10.5 Å². The summed E-state index contributed by atoms with van der Waals surface area (Å²) in [4.78, 5) is 13.2. The molecule has 6 heteroatoms. The number of hydrogen-bond donors (Lipinski definition) is 0. The molecule has 1 atom stereocenters. The molecule has 1 aliphatic rings. The molecule has 1 aromatic rings. The molecular weight excluding hydrogens is 210 g/mol. The van der Waals surface area contributed by atoms with E-state index in [1.54, 1.807) is 18.2 Å². The molecular formula is C10H9N3O3. The minimum absolute atomic E-state index is 0.228. The maximum absolute atomic E-state index is 10.5. The van der Waals surface area contributed by atoms with Crippen LogP contribution in [-0.4, -0.2) is 25.5 Å². The summed E-state index contributed by atoms with van der Waals surface area (Å²) in [5.41, 5.74) is 8.72. The van der Waals surface area contributed by atoms with Crippen molar-refractivity contribution in [3.8, 4) is 11.5 Å². The minimum atomic E-state index is -0.273. The predicted molar refractivity (Wildman–Crippen MR) is 55.8 cm³/mol. The Kier molecular flexibility index (Phi) is 2.93.